The zero-order chi connectivity index (χ0) is 13.4. The highest BCUT2D eigenvalue weighted by molar-refractivity contribution is 7.99. The molecule has 0 bridgehead atoms. The average molecular weight is 269 g/mol. The van der Waals surface area contributed by atoms with Crippen LogP contribution in [0, 0.1) is 0 Å². The van der Waals surface area contributed by atoms with Crippen LogP contribution in [0.3, 0.4) is 0 Å². The third-order valence-corrected chi connectivity index (χ3v) is 4.33. The van der Waals surface area contributed by atoms with Gasteiger partial charge in [0.25, 0.3) is 0 Å². The van der Waals surface area contributed by atoms with Crippen molar-refractivity contribution in [1.82, 2.24) is 15.1 Å². The Hall–Kier alpha value is -0.480. The molecule has 1 atom stereocenters. The van der Waals surface area contributed by atoms with Crippen LogP contribution >= 0.6 is 11.8 Å². The van der Waals surface area contributed by atoms with Crippen molar-refractivity contribution < 1.29 is 0 Å². The van der Waals surface area contributed by atoms with Gasteiger partial charge in [-0.1, -0.05) is 20.8 Å². The van der Waals surface area contributed by atoms with Crippen LogP contribution in [-0.2, 0) is 6.54 Å². The lowest BCUT2D eigenvalue weighted by molar-refractivity contribution is 0.423. The first-order valence-corrected chi connectivity index (χ1v) is 8.21. The number of nitrogens with one attached hydrogen (secondary N) is 1. The van der Waals surface area contributed by atoms with Crippen LogP contribution in [0.4, 0.5) is 0 Å². The van der Waals surface area contributed by atoms with Gasteiger partial charge in [-0.25, -0.2) is 0 Å². The molecule has 1 aromatic heterocycles. The Kier molecular flexibility index (Phi) is 7.44. The highest BCUT2D eigenvalue weighted by atomic mass is 32.2. The Labute approximate surface area is 116 Å². The SMILES string of the molecule is CCSCC(C)NCc1ccn(C(CC)CC)n1. The van der Waals surface area contributed by atoms with Gasteiger partial charge in [0.05, 0.1) is 11.7 Å². The monoisotopic (exact) mass is 269 g/mol. The predicted molar refractivity (Wildman–Crippen MR) is 81.1 cm³/mol. The Morgan fingerprint density at radius 3 is 2.67 bits per heavy atom. The van der Waals surface area contributed by atoms with Crippen molar-refractivity contribution in [3.63, 3.8) is 0 Å². The molecule has 104 valence electrons. The molecular weight excluding hydrogens is 242 g/mol. The first-order chi connectivity index (χ1) is 8.71. The zero-order valence-corrected chi connectivity index (χ0v) is 13.0. The Morgan fingerprint density at radius 2 is 2.06 bits per heavy atom. The Morgan fingerprint density at radius 1 is 1.33 bits per heavy atom. The van der Waals surface area contributed by atoms with Gasteiger partial charge >= 0.3 is 0 Å². The molecule has 0 aliphatic heterocycles. The van der Waals surface area contributed by atoms with Gasteiger partial charge in [0.2, 0.25) is 0 Å². The molecule has 0 fully saturated rings. The second kappa shape index (κ2) is 8.59. The van der Waals surface area contributed by atoms with Gasteiger partial charge in [-0.3, -0.25) is 4.68 Å². The second-order valence-corrected chi connectivity index (χ2v) is 6.02. The van der Waals surface area contributed by atoms with Crippen molar-refractivity contribution in [2.24, 2.45) is 0 Å². The van der Waals surface area contributed by atoms with Gasteiger partial charge in [-0.2, -0.15) is 16.9 Å². The fourth-order valence-corrected chi connectivity index (χ4v) is 2.68. The fraction of sp³-hybridized carbons (Fsp3) is 0.786. The van der Waals surface area contributed by atoms with E-state index in [1.807, 2.05) is 11.8 Å². The van der Waals surface area contributed by atoms with Crippen LogP contribution in [0.2, 0.25) is 0 Å². The van der Waals surface area contributed by atoms with E-state index in [0.29, 0.717) is 12.1 Å². The molecular formula is C14H27N3S. The van der Waals surface area contributed by atoms with E-state index in [1.165, 1.54) is 11.5 Å². The molecule has 18 heavy (non-hydrogen) atoms. The van der Waals surface area contributed by atoms with E-state index in [1.54, 1.807) is 0 Å². The molecule has 1 heterocycles. The normalized spacial score (nSPS) is 13.2. The van der Waals surface area contributed by atoms with Crippen LogP contribution in [0.15, 0.2) is 12.3 Å². The van der Waals surface area contributed by atoms with Gasteiger partial charge in [0.15, 0.2) is 0 Å². The van der Waals surface area contributed by atoms with E-state index < -0.39 is 0 Å². The van der Waals surface area contributed by atoms with Crippen molar-refractivity contribution in [3.8, 4) is 0 Å². The standard InChI is InChI=1S/C14H27N3S/c1-5-14(6-2)17-9-8-13(16-17)10-15-12(4)11-18-7-3/h8-9,12,14-15H,5-7,10-11H2,1-4H3. The lowest BCUT2D eigenvalue weighted by Crippen LogP contribution is -2.28. The van der Waals surface area contributed by atoms with E-state index in [4.69, 9.17) is 0 Å². The first kappa shape index (κ1) is 15.6. The third-order valence-electron chi connectivity index (χ3n) is 3.18. The molecule has 0 aliphatic carbocycles. The maximum absolute atomic E-state index is 4.65. The molecule has 0 amide bonds. The van der Waals surface area contributed by atoms with Crippen LogP contribution in [0.5, 0.6) is 0 Å². The summed E-state index contributed by atoms with van der Waals surface area (Å²) < 4.78 is 2.11. The molecule has 1 unspecified atom stereocenters. The van der Waals surface area contributed by atoms with Crippen LogP contribution in [0.1, 0.15) is 52.3 Å². The molecule has 0 aromatic carbocycles. The number of hydrogen-bond acceptors (Lipinski definition) is 3. The highest BCUT2D eigenvalue weighted by Gasteiger charge is 2.08. The molecule has 0 spiro atoms. The maximum atomic E-state index is 4.65. The Balaban J connectivity index is 2.39. The molecule has 0 aliphatic rings. The first-order valence-electron chi connectivity index (χ1n) is 7.06. The van der Waals surface area contributed by atoms with Crippen molar-refractivity contribution >= 4 is 11.8 Å². The van der Waals surface area contributed by atoms with Crippen molar-refractivity contribution in [3.05, 3.63) is 18.0 Å². The average Bonchev–Trinajstić information content (AvgIpc) is 2.84. The summed E-state index contributed by atoms with van der Waals surface area (Å²) in [7, 11) is 0. The third kappa shape index (κ3) is 5.02. The summed E-state index contributed by atoms with van der Waals surface area (Å²) in [5, 5.41) is 8.18. The molecule has 4 heteroatoms. The zero-order valence-electron chi connectivity index (χ0n) is 12.1. The number of rotatable bonds is 9. The molecule has 0 radical (unpaired) electrons. The lowest BCUT2D eigenvalue weighted by Gasteiger charge is -2.13. The lowest BCUT2D eigenvalue weighted by atomic mass is 10.2. The number of thioether (sulfide) groups is 1. The summed E-state index contributed by atoms with van der Waals surface area (Å²) >= 11 is 1.98. The molecule has 1 aromatic rings. The number of hydrogen-bond donors (Lipinski definition) is 1. The molecule has 0 saturated heterocycles. The van der Waals surface area contributed by atoms with E-state index >= 15 is 0 Å². The second-order valence-electron chi connectivity index (χ2n) is 4.70. The summed E-state index contributed by atoms with van der Waals surface area (Å²) in [6, 6.07) is 3.23. The summed E-state index contributed by atoms with van der Waals surface area (Å²) in [5.41, 5.74) is 1.15. The molecule has 3 nitrogen and oxygen atoms in total. The van der Waals surface area contributed by atoms with Crippen LogP contribution < -0.4 is 5.32 Å². The summed E-state index contributed by atoms with van der Waals surface area (Å²) in [4.78, 5) is 0. The van der Waals surface area contributed by atoms with E-state index in [2.05, 4.69) is 55.1 Å². The van der Waals surface area contributed by atoms with Gasteiger partial charge < -0.3 is 5.32 Å². The van der Waals surface area contributed by atoms with Crippen LogP contribution in [0.25, 0.3) is 0 Å². The summed E-state index contributed by atoms with van der Waals surface area (Å²) in [6.45, 7) is 9.75. The van der Waals surface area contributed by atoms with Crippen LogP contribution in [-0.4, -0.2) is 27.3 Å². The summed E-state index contributed by atoms with van der Waals surface area (Å²) in [6.07, 6.45) is 4.41. The predicted octanol–water partition coefficient (Wildman–Crippen LogP) is 3.48. The molecule has 0 saturated carbocycles. The topological polar surface area (TPSA) is 29.9 Å². The van der Waals surface area contributed by atoms with E-state index in [0.717, 1.165) is 25.1 Å². The van der Waals surface area contributed by atoms with E-state index in [9.17, 15) is 0 Å². The molecule has 1 rings (SSSR count). The minimum Gasteiger partial charge on any atom is -0.308 e. The van der Waals surface area contributed by atoms with Gasteiger partial charge in [-0.15, -0.1) is 0 Å². The van der Waals surface area contributed by atoms with Crippen molar-refractivity contribution in [2.45, 2.75) is 59.2 Å². The van der Waals surface area contributed by atoms with Crippen molar-refractivity contribution in [1.29, 1.82) is 0 Å². The van der Waals surface area contributed by atoms with Gasteiger partial charge in [0.1, 0.15) is 0 Å². The quantitative estimate of drug-likeness (QED) is 0.744. The Bertz CT molecular complexity index is 321. The summed E-state index contributed by atoms with van der Waals surface area (Å²) in [5.74, 6) is 2.36. The number of aromatic nitrogens is 2. The minimum absolute atomic E-state index is 0.548. The largest absolute Gasteiger partial charge is 0.308 e. The minimum atomic E-state index is 0.548. The smallest absolute Gasteiger partial charge is 0.0762 e. The fourth-order valence-electron chi connectivity index (χ4n) is 1.97. The number of nitrogens with zero attached hydrogens (tertiary/aromatic N) is 2. The maximum Gasteiger partial charge on any atom is 0.0762 e. The van der Waals surface area contributed by atoms with Crippen molar-refractivity contribution in [2.75, 3.05) is 11.5 Å². The highest BCUT2D eigenvalue weighted by Crippen LogP contribution is 2.14. The van der Waals surface area contributed by atoms with E-state index in [-0.39, 0.29) is 0 Å². The van der Waals surface area contributed by atoms with Gasteiger partial charge in [0, 0.05) is 24.5 Å². The molecule has 1 N–H and O–H groups in total. The van der Waals surface area contributed by atoms with Gasteiger partial charge in [-0.05, 0) is 31.6 Å².